The lowest BCUT2D eigenvalue weighted by molar-refractivity contribution is -0.122. The number of carbonyl (C=O) groups is 1. The summed E-state index contributed by atoms with van der Waals surface area (Å²) in [6, 6.07) is 8.56. The van der Waals surface area contributed by atoms with Crippen molar-refractivity contribution in [1.82, 2.24) is 24.7 Å². The summed E-state index contributed by atoms with van der Waals surface area (Å²) in [5, 5.41) is 2.97. The Balaban J connectivity index is 1.12. The predicted molar refractivity (Wildman–Crippen MR) is 112 cm³/mol. The van der Waals surface area contributed by atoms with Crippen LogP contribution in [0.5, 0.6) is 5.75 Å². The second kappa shape index (κ2) is 9.41. The van der Waals surface area contributed by atoms with Crippen LogP contribution in [0, 0.1) is 6.92 Å². The summed E-state index contributed by atoms with van der Waals surface area (Å²) < 4.78 is 7.94. The number of hydrogen-bond acceptors (Lipinski definition) is 5. The number of imidazole rings is 1. The molecule has 0 aliphatic carbocycles. The van der Waals surface area contributed by atoms with E-state index in [1.165, 1.54) is 11.4 Å². The number of fused-ring (bicyclic) bond motifs is 1. The molecule has 1 aromatic carbocycles. The molecule has 1 fully saturated rings. The summed E-state index contributed by atoms with van der Waals surface area (Å²) >= 11 is 0. The van der Waals surface area contributed by atoms with E-state index >= 15 is 0 Å². The van der Waals surface area contributed by atoms with Gasteiger partial charge in [-0.3, -0.25) is 14.6 Å². The van der Waals surface area contributed by atoms with Crippen LogP contribution in [-0.4, -0.2) is 70.6 Å². The zero-order valence-corrected chi connectivity index (χ0v) is 17.2. The second-order valence-electron chi connectivity index (χ2n) is 8.03. The number of hydrogen-bond donors (Lipinski definition) is 1. The molecule has 0 bridgehead atoms. The summed E-state index contributed by atoms with van der Waals surface area (Å²) in [5.41, 5.74) is 1.17. The minimum Gasteiger partial charge on any atom is -0.492 e. The number of nitrogens with one attached hydrogen (secondary N) is 1. The largest absolute Gasteiger partial charge is 0.492 e. The maximum Gasteiger partial charge on any atom is 0.234 e. The van der Waals surface area contributed by atoms with E-state index in [-0.39, 0.29) is 5.91 Å². The number of likely N-dealkylation sites (tertiary alicyclic amines) is 1. The molecule has 1 N–H and O–H groups in total. The van der Waals surface area contributed by atoms with Gasteiger partial charge in [-0.25, -0.2) is 4.98 Å². The molecule has 156 valence electrons. The molecule has 2 aliphatic heterocycles. The molecule has 1 amide bonds. The lowest BCUT2D eigenvalue weighted by Crippen LogP contribution is -2.49. The quantitative estimate of drug-likeness (QED) is 0.720. The predicted octanol–water partition coefficient (Wildman–Crippen LogP) is 1.67. The first-order valence-corrected chi connectivity index (χ1v) is 10.6. The summed E-state index contributed by atoms with van der Waals surface area (Å²) in [6.07, 6.45) is 6.20. The van der Waals surface area contributed by atoms with Gasteiger partial charge in [0.15, 0.2) is 0 Å². The van der Waals surface area contributed by atoms with Gasteiger partial charge in [0.1, 0.15) is 18.2 Å². The highest BCUT2D eigenvalue weighted by Crippen LogP contribution is 2.21. The average molecular weight is 398 g/mol. The lowest BCUT2D eigenvalue weighted by atomic mass is 10.0. The number of benzene rings is 1. The fourth-order valence-corrected chi connectivity index (χ4v) is 4.27. The van der Waals surface area contributed by atoms with E-state index in [2.05, 4.69) is 30.9 Å². The topological polar surface area (TPSA) is 62.6 Å². The van der Waals surface area contributed by atoms with Gasteiger partial charge in [0.2, 0.25) is 5.91 Å². The van der Waals surface area contributed by atoms with Crippen molar-refractivity contribution in [2.24, 2.45) is 0 Å². The maximum atomic E-state index is 12.2. The Morgan fingerprint density at radius 2 is 2.10 bits per heavy atom. The Hall–Kier alpha value is -2.38. The van der Waals surface area contributed by atoms with Crippen LogP contribution in [0.15, 0.2) is 36.7 Å². The smallest absolute Gasteiger partial charge is 0.234 e. The van der Waals surface area contributed by atoms with Crippen LogP contribution in [0.25, 0.3) is 0 Å². The van der Waals surface area contributed by atoms with Gasteiger partial charge in [0.05, 0.1) is 19.6 Å². The number of nitrogens with zero attached hydrogens (tertiary/aromatic N) is 4. The van der Waals surface area contributed by atoms with E-state index in [4.69, 9.17) is 4.74 Å². The van der Waals surface area contributed by atoms with Crippen LogP contribution in [0.1, 0.15) is 24.2 Å². The van der Waals surface area contributed by atoms with Crippen molar-refractivity contribution in [3.8, 4) is 5.75 Å². The van der Waals surface area contributed by atoms with Gasteiger partial charge >= 0.3 is 0 Å². The number of aryl methyl sites for hydroxylation is 1. The van der Waals surface area contributed by atoms with Crippen molar-refractivity contribution >= 4 is 5.91 Å². The number of piperidine rings is 1. The lowest BCUT2D eigenvalue weighted by Gasteiger charge is -2.40. The summed E-state index contributed by atoms with van der Waals surface area (Å²) in [7, 11) is 0. The highest BCUT2D eigenvalue weighted by atomic mass is 16.5. The Morgan fingerprint density at radius 1 is 1.24 bits per heavy atom. The highest BCUT2D eigenvalue weighted by molar-refractivity contribution is 5.78. The molecule has 0 unspecified atom stereocenters. The number of carbonyl (C=O) groups excluding carboxylic acids is 1. The van der Waals surface area contributed by atoms with E-state index in [1.807, 2.05) is 37.4 Å². The first-order valence-electron chi connectivity index (χ1n) is 10.6. The molecule has 29 heavy (non-hydrogen) atoms. The fraction of sp³-hybridized carbons (Fsp3) is 0.545. The van der Waals surface area contributed by atoms with E-state index < -0.39 is 0 Å². The van der Waals surface area contributed by atoms with Crippen molar-refractivity contribution in [1.29, 1.82) is 0 Å². The minimum absolute atomic E-state index is 0.0799. The van der Waals surface area contributed by atoms with Gasteiger partial charge in [0.25, 0.3) is 0 Å². The van der Waals surface area contributed by atoms with Crippen LogP contribution in [-0.2, 0) is 17.9 Å². The first-order chi connectivity index (χ1) is 14.2. The highest BCUT2D eigenvalue weighted by Gasteiger charge is 2.28. The van der Waals surface area contributed by atoms with Gasteiger partial charge in [-0.05, 0) is 37.5 Å². The average Bonchev–Trinajstić information content (AvgIpc) is 3.20. The van der Waals surface area contributed by atoms with E-state index in [1.54, 1.807) is 0 Å². The van der Waals surface area contributed by atoms with Gasteiger partial charge in [0, 0.05) is 44.6 Å². The van der Waals surface area contributed by atoms with Crippen molar-refractivity contribution in [2.45, 2.75) is 38.9 Å². The Bertz CT molecular complexity index is 813. The zero-order chi connectivity index (χ0) is 20.1. The van der Waals surface area contributed by atoms with Crippen LogP contribution in [0.2, 0.25) is 0 Å². The molecule has 0 atom stereocenters. The SMILES string of the molecule is Cc1cccc(OCCNC(=O)CN2CCC(N3CCn4ccnc4C3)CC2)c1. The monoisotopic (exact) mass is 397 g/mol. The fourth-order valence-electron chi connectivity index (χ4n) is 4.27. The van der Waals surface area contributed by atoms with Crippen molar-refractivity contribution in [3.05, 3.63) is 48.0 Å². The maximum absolute atomic E-state index is 12.2. The van der Waals surface area contributed by atoms with E-state index in [0.29, 0.717) is 25.7 Å². The molecule has 3 heterocycles. The van der Waals surface area contributed by atoms with Gasteiger partial charge in [-0.2, -0.15) is 0 Å². The van der Waals surface area contributed by atoms with Gasteiger partial charge in [-0.1, -0.05) is 12.1 Å². The first kappa shape index (κ1) is 19.9. The minimum atomic E-state index is 0.0799. The molecule has 0 radical (unpaired) electrons. The van der Waals surface area contributed by atoms with Gasteiger partial charge in [-0.15, -0.1) is 0 Å². The molecule has 0 spiro atoms. The summed E-state index contributed by atoms with van der Waals surface area (Å²) in [6.45, 7) is 8.55. The molecule has 1 aromatic heterocycles. The second-order valence-corrected chi connectivity index (χ2v) is 8.03. The summed E-state index contributed by atoms with van der Waals surface area (Å²) in [4.78, 5) is 21.5. The number of rotatable bonds is 7. The van der Waals surface area contributed by atoms with Crippen molar-refractivity contribution in [3.63, 3.8) is 0 Å². The number of ether oxygens (including phenoxy) is 1. The van der Waals surface area contributed by atoms with E-state index in [9.17, 15) is 4.79 Å². The van der Waals surface area contributed by atoms with Crippen LogP contribution in [0.3, 0.4) is 0 Å². The van der Waals surface area contributed by atoms with Crippen LogP contribution in [0.4, 0.5) is 0 Å². The molecular weight excluding hydrogens is 366 g/mol. The molecule has 2 aromatic rings. The van der Waals surface area contributed by atoms with Crippen molar-refractivity contribution in [2.75, 3.05) is 39.3 Å². The molecule has 0 saturated carbocycles. The zero-order valence-electron chi connectivity index (χ0n) is 17.2. The number of amides is 1. The summed E-state index contributed by atoms with van der Waals surface area (Å²) in [5.74, 6) is 2.10. The Labute approximate surface area is 172 Å². The molecular formula is C22H31N5O2. The van der Waals surface area contributed by atoms with Crippen LogP contribution < -0.4 is 10.1 Å². The molecule has 7 nitrogen and oxygen atoms in total. The third-order valence-electron chi connectivity index (χ3n) is 5.90. The third-order valence-corrected chi connectivity index (χ3v) is 5.90. The normalized spacial score (nSPS) is 18.4. The third kappa shape index (κ3) is 5.36. The standard InChI is InChI=1S/C22H31N5O2/c1-18-3-2-4-20(15-18)29-14-8-24-22(28)17-25-9-5-19(6-10-25)27-13-12-26-11-7-23-21(26)16-27/h2-4,7,11,15,19H,5-6,8-10,12-14,16-17H2,1H3,(H,24,28). The van der Waals surface area contributed by atoms with Crippen molar-refractivity contribution < 1.29 is 9.53 Å². The Morgan fingerprint density at radius 3 is 2.93 bits per heavy atom. The van der Waals surface area contributed by atoms with Crippen LogP contribution >= 0.6 is 0 Å². The number of aromatic nitrogens is 2. The Kier molecular flexibility index (Phi) is 6.46. The van der Waals surface area contributed by atoms with E-state index in [0.717, 1.165) is 51.3 Å². The molecule has 1 saturated heterocycles. The molecule has 4 rings (SSSR count). The molecule has 7 heteroatoms. The molecule has 2 aliphatic rings. The van der Waals surface area contributed by atoms with Gasteiger partial charge < -0.3 is 14.6 Å².